The summed E-state index contributed by atoms with van der Waals surface area (Å²) >= 11 is 0. The summed E-state index contributed by atoms with van der Waals surface area (Å²) in [6.07, 6.45) is 9.85. The minimum absolute atomic E-state index is 0. The van der Waals surface area contributed by atoms with E-state index in [1.54, 1.807) is 0 Å². The molecule has 1 fully saturated rings. The normalized spacial score (nSPS) is 14.2. The first-order chi connectivity index (χ1) is 31.2. The quantitative estimate of drug-likeness (QED) is 0.121. The molecule has 8 aromatic rings. The van der Waals surface area contributed by atoms with Crippen LogP contribution >= 0.6 is 0 Å². The van der Waals surface area contributed by atoms with E-state index in [2.05, 4.69) is 147 Å². The Hall–Kier alpha value is -5.78. The zero-order valence-electron chi connectivity index (χ0n) is 37.6. The van der Waals surface area contributed by atoms with E-state index in [0.29, 0.717) is 23.0 Å². The zero-order chi connectivity index (χ0) is 44.1. The van der Waals surface area contributed by atoms with E-state index in [0.717, 1.165) is 87.2 Å². The number of rotatable bonds is 11. The number of aromatic nitrogens is 2. The molecule has 6 aromatic carbocycles. The van der Waals surface area contributed by atoms with Gasteiger partial charge in [0.1, 0.15) is 17.5 Å². The van der Waals surface area contributed by atoms with E-state index in [1.807, 2.05) is 24.4 Å². The monoisotopic (exact) mass is 1040 g/mol. The van der Waals surface area contributed by atoms with Crippen LogP contribution < -0.4 is 14.5 Å². The van der Waals surface area contributed by atoms with E-state index in [4.69, 9.17) is 9.72 Å². The predicted molar refractivity (Wildman–Crippen MR) is 258 cm³/mol. The number of benzene rings is 6. The Morgan fingerprint density at radius 1 is 0.723 bits per heavy atom. The van der Waals surface area contributed by atoms with E-state index in [9.17, 15) is 0 Å². The van der Waals surface area contributed by atoms with Crippen molar-refractivity contribution >= 4 is 44.6 Å². The Balaban J connectivity index is 0.00000533. The summed E-state index contributed by atoms with van der Waals surface area (Å²) < 4.78 is 39.7. The van der Waals surface area contributed by atoms with Gasteiger partial charge in [0.05, 0.1) is 5.56 Å². The summed E-state index contributed by atoms with van der Waals surface area (Å²) in [5.41, 5.74) is 11.0. The molecule has 8 heteroatoms. The van der Waals surface area contributed by atoms with Crippen molar-refractivity contribution < 1.29 is 34.6 Å². The van der Waals surface area contributed by atoms with E-state index in [-0.39, 0.29) is 38.5 Å². The van der Waals surface area contributed by atoms with Crippen molar-refractivity contribution in [3.05, 3.63) is 174 Å². The number of nitrogens with zero attached hydrogens (tertiary/aromatic N) is 4. The molecule has 5 nitrogen and oxygen atoms in total. The summed E-state index contributed by atoms with van der Waals surface area (Å²) in [6.45, 7) is 12.9. The van der Waals surface area contributed by atoms with Gasteiger partial charge < -0.3 is 19.1 Å². The number of aryl methyl sites for hydroxylation is 1. The van der Waals surface area contributed by atoms with Crippen LogP contribution in [0.25, 0.3) is 38.8 Å². The van der Waals surface area contributed by atoms with Crippen LogP contribution in [0.1, 0.15) is 113 Å². The van der Waals surface area contributed by atoms with Gasteiger partial charge in [0.25, 0.3) is 0 Å². The van der Waals surface area contributed by atoms with Crippen molar-refractivity contribution in [1.29, 1.82) is 0 Å². The average molecular weight is 1040 g/mol. The summed E-state index contributed by atoms with van der Waals surface area (Å²) in [5.74, 6) is 1.48. The maximum atomic E-state index is 15.3. The van der Waals surface area contributed by atoms with Crippen LogP contribution in [0.4, 0.5) is 31.5 Å². The molecule has 334 valence electrons. The summed E-state index contributed by atoms with van der Waals surface area (Å²) in [5, 5.41) is 2.22. The van der Waals surface area contributed by atoms with Crippen molar-refractivity contribution in [3.63, 3.8) is 0 Å². The fourth-order valence-corrected chi connectivity index (χ4v) is 9.96. The second kappa shape index (κ2) is 18.6. The van der Waals surface area contributed by atoms with Crippen LogP contribution in [-0.2, 0) is 27.5 Å². The fourth-order valence-electron chi connectivity index (χ4n) is 9.96. The number of halogens is 2. The molecular weight excluding hydrogens is 990 g/mol. The van der Waals surface area contributed by atoms with Crippen molar-refractivity contribution in [2.45, 2.75) is 97.3 Å². The van der Waals surface area contributed by atoms with Gasteiger partial charge in [-0.05, 0) is 119 Å². The smallest absolute Gasteiger partial charge is 0.135 e. The van der Waals surface area contributed by atoms with Gasteiger partial charge in [0.15, 0.2) is 0 Å². The van der Waals surface area contributed by atoms with Crippen LogP contribution in [0.3, 0.4) is 0 Å². The minimum atomic E-state index is -0.568. The maximum absolute atomic E-state index is 15.3. The Labute approximate surface area is 396 Å². The van der Waals surface area contributed by atoms with Gasteiger partial charge in [-0.2, -0.15) is 6.07 Å². The number of pyridine rings is 1. The van der Waals surface area contributed by atoms with Gasteiger partial charge >= 0.3 is 0 Å². The molecule has 2 aliphatic rings. The molecule has 0 atom stereocenters. The summed E-state index contributed by atoms with van der Waals surface area (Å²) in [6, 6.07) is 45.2. The maximum Gasteiger partial charge on any atom is 0.135 e. The van der Waals surface area contributed by atoms with Crippen molar-refractivity contribution in [2.24, 2.45) is 0 Å². The number of anilines is 4. The molecular formula is C57H53F2N4OPt-3. The van der Waals surface area contributed by atoms with Gasteiger partial charge in [0, 0.05) is 61.3 Å². The summed E-state index contributed by atoms with van der Waals surface area (Å²) in [4.78, 5) is 9.32. The number of fused-ring (bicyclic) bond motifs is 4. The van der Waals surface area contributed by atoms with Crippen LogP contribution in [0.2, 0.25) is 0 Å². The molecule has 0 saturated heterocycles. The van der Waals surface area contributed by atoms with Crippen LogP contribution in [0.15, 0.2) is 121 Å². The molecule has 10 rings (SSSR count). The average Bonchev–Trinajstić information content (AvgIpc) is 3.85. The Morgan fingerprint density at radius 2 is 1.42 bits per heavy atom. The zero-order valence-corrected chi connectivity index (χ0v) is 39.8. The number of hydrogen-bond donors (Lipinski definition) is 0. The number of hydrogen-bond acceptors (Lipinski definition) is 4. The first-order valence-electron chi connectivity index (χ1n) is 23.0. The van der Waals surface area contributed by atoms with Gasteiger partial charge in [-0.1, -0.05) is 102 Å². The van der Waals surface area contributed by atoms with Crippen LogP contribution in [0.5, 0.6) is 11.5 Å². The summed E-state index contributed by atoms with van der Waals surface area (Å²) in [7, 11) is 0. The Bertz CT molecular complexity index is 2970. The topological polar surface area (TPSA) is 33.5 Å². The Kier molecular flexibility index (Phi) is 12.7. The third-order valence-electron chi connectivity index (χ3n) is 13.1. The van der Waals surface area contributed by atoms with Gasteiger partial charge in [-0.3, -0.25) is 0 Å². The van der Waals surface area contributed by atoms with Crippen molar-refractivity contribution in [3.8, 4) is 28.4 Å². The molecule has 0 amide bonds. The SMILES string of the molecule is CCCc1ccnc(-n2c3[c-]c(Oc4[c-]c(N5[CH-]N(c6c(C(C)C)cc(-c7c(F)cccc7F)cc6C(C)C)c6ccccc65)cc(C5CCCCC5)c4)ccc3c3ccccc32)c1.[Pt]. The molecule has 1 aliphatic carbocycles. The molecule has 2 aromatic heterocycles. The van der Waals surface area contributed by atoms with E-state index < -0.39 is 11.6 Å². The molecule has 65 heavy (non-hydrogen) atoms. The molecule has 0 unspecified atom stereocenters. The minimum Gasteiger partial charge on any atom is -0.509 e. The molecule has 0 radical (unpaired) electrons. The first kappa shape index (κ1) is 44.4. The number of para-hydroxylation sites is 3. The molecule has 0 bridgehead atoms. The molecule has 3 heterocycles. The Morgan fingerprint density at radius 3 is 2.12 bits per heavy atom. The van der Waals surface area contributed by atoms with Crippen molar-refractivity contribution in [1.82, 2.24) is 9.55 Å². The van der Waals surface area contributed by atoms with E-state index >= 15 is 8.78 Å². The van der Waals surface area contributed by atoms with Crippen molar-refractivity contribution in [2.75, 3.05) is 9.80 Å². The molecule has 0 spiro atoms. The second-order valence-corrected chi connectivity index (χ2v) is 18.1. The van der Waals surface area contributed by atoms with Gasteiger partial charge in [-0.15, -0.1) is 53.6 Å². The van der Waals surface area contributed by atoms with Gasteiger partial charge in [0.2, 0.25) is 0 Å². The van der Waals surface area contributed by atoms with Gasteiger partial charge in [-0.25, -0.2) is 13.8 Å². The van der Waals surface area contributed by atoms with E-state index in [1.165, 1.54) is 48.6 Å². The standard InChI is InChI=1S/C57H53F2N4O.Pt/c1-6-15-38-26-27-60-55(28-38)63-51-21-11-10-18-45(51)46-25-24-43(34-54(46)63)64-44-30-40(39-16-8-7-9-17-39)29-42(33-44)61-35-62(53-23-13-12-22-52(53)61)57-47(36(2)3)31-41(32-48(57)37(4)5)56-49(58)19-14-20-50(56)59;/h10-14,18-32,35-37,39H,6-9,15-17H2,1-5H3;/q-3;. The first-order valence-corrected chi connectivity index (χ1v) is 23.0. The predicted octanol–water partition coefficient (Wildman–Crippen LogP) is 16.2. The number of ether oxygens (including phenoxy) is 1. The van der Waals surface area contributed by atoms with Crippen LogP contribution in [-0.4, -0.2) is 9.55 Å². The molecule has 1 aliphatic heterocycles. The van der Waals surface area contributed by atoms with Crippen LogP contribution in [0, 0.1) is 30.4 Å². The molecule has 1 saturated carbocycles. The largest absolute Gasteiger partial charge is 0.509 e. The third-order valence-corrected chi connectivity index (χ3v) is 13.1. The fraction of sp³-hybridized carbons (Fsp3) is 0.263. The second-order valence-electron chi connectivity index (χ2n) is 18.1. The third kappa shape index (κ3) is 8.38. The molecule has 0 N–H and O–H groups in total.